The first kappa shape index (κ1) is 15.5. The van der Waals surface area contributed by atoms with E-state index < -0.39 is 15.8 Å². The van der Waals surface area contributed by atoms with E-state index in [0.717, 1.165) is 16.7 Å². The Kier molecular flexibility index (Phi) is 4.29. The largest absolute Gasteiger partial charge is 0.326 e. The molecule has 0 aliphatic rings. The van der Waals surface area contributed by atoms with Gasteiger partial charge in [0, 0.05) is 6.54 Å². The summed E-state index contributed by atoms with van der Waals surface area (Å²) in [4.78, 5) is 0.0643. The Labute approximate surface area is 123 Å². The molecule has 0 saturated heterocycles. The highest BCUT2D eigenvalue weighted by Gasteiger charge is 2.17. The molecule has 0 amide bonds. The molecular formula is C15H17FN2O2S. The lowest BCUT2D eigenvalue weighted by molar-refractivity contribution is 0.598. The fourth-order valence-electron chi connectivity index (χ4n) is 1.96. The molecule has 0 spiro atoms. The maximum Gasteiger partial charge on any atom is 0.261 e. The first-order chi connectivity index (χ1) is 9.83. The summed E-state index contributed by atoms with van der Waals surface area (Å²) in [5.74, 6) is -0.615. The molecular weight excluding hydrogens is 291 g/mol. The molecule has 0 aromatic heterocycles. The smallest absolute Gasteiger partial charge is 0.261 e. The summed E-state index contributed by atoms with van der Waals surface area (Å²) in [6.45, 7) is 3.86. The summed E-state index contributed by atoms with van der Waals surface area (Å²) in [5.41, 5.74) is 7.94. The van der Waals surface area contributed by atoms with E-state index in [9.17, 15) is 12.8 Å². The second kappa shape index (κ2) is 5.83. The van der Waals surface area contributed by atoms with Gasteiger partial charge in [0.25, 0.3) is 10.0 Å². The Hall–Kier alpha value is -1.92. The molecule has 6 heteroatoms. The fourth-order valence-corrected chi connectivity index (χ4v) is 3.06. The monoisotopic (exact) mass is 308 g/mol. The van der Waals surface area contributed by atoms with E-state index in [1.165, 1.54) is 24.3 Å². The lowest BCUT2D eigenvalue weighted by atomic mass is 10.1. The normalized spacial score (nSPS) is 11.4. The van der Waals surface area contributed by atoms with Gasteiger partial charge < -0.3 is 5.73 Å². The van der Waals surface area contributed by atoms with Crippen LogP contribution >= 0.6 is 0 Å². The number of anilines is 1. The SMILES string of the molecule is Cc1ccc(F)c(NS(=O)(=O)c2ccc(C)c(CN)c2)c1. The Balaban J connectivity index is 2.41. The van der Waals surface area contributed by atoms with Gasteiger partial charge in [-0.3, -0.25) is 4.72 Å². The molecule has 21 heavy (non-hydrogen) atoms. The minimum atomic E-state index is -3.85. The number of nitrogens with one attached hydrogen (secondary N) is 1. The molecule has 0 atom stereocenters. The van der Waals surface area contributed by atoms with Gasteiger partial charge in [0.1, 0.15) is 5.82 Å². The Morgan fingerprint density at radius 3 is 2.52 bits per heavy atom. The standard InChI is InChI=1S/C15H17FN2O2S/c1-10-3-6-14(16)15(7-10)18-21(19,20)13-5-4-11(2)12(8-13)9-17/h3-8,18H,9,17H2,1-2H3. The van der Waals surface area contributed by atoms with Crippen molar-refractivity contribution in [3.63, 3.8) is 0 Å². The van der Waals surface area contributed by atoms with Crippen molar-refractivity contribution in [3.05, 3.63) is 58.9 Å². The summed E-state index contributed by atoms with van der Waals surface area (Å²) < 4.78 is 40.6. The molecule has 2 rings (SSSR count). The molecule has 0 unspecified atom stereocenters. The maximum atomic E-state index is 13.7. The number of sulfonamides is 1. The number of nitrogens with two attached hydrogens (primary N) is 1. The molecule has 4 nitrogen and oxygen atoms in total. The van der Waals surface area contributed by atoms with Crippen LogP contribution in [0, 0.1) is 19.7 Å². The van der Waals surface area contributed by atoms with Crippen molar-refractivity contribution < 1.29 is 12.8 Å². The molecule has 2 aromatic rings. The minimum Gasteiger partial charge on any atom is -0.326 e. The summed E-state index contributed by atoms with van der Waals surface area (Å²) in [5, 5.41) is 0. The topological polar surface area (TPSA) is 72.2 Å². The van der Waals surface area contributed by atoms with Crippen LogP contribution in [0.1, 0.15) is 16.7 Å². The predicted molar refractivity (Wildman–Crippen MR) is 81.0 cm³/mol. The van der Waals surface area contributed by atoms with Crippen molar-refractivity contribution >= 4 is 15.7 Å². The molecule has 0 radical (unpaired) electrons. The lowest BCUT2D eigenvalue weighted by Crippen LogP contribution is -2.15. The molecule has 2 aromatic carbocycles. The van der Waals surface area contributed by atoms with Crippen molar-refractivity contribution in [2.24, 2.45) is 5.73 Å². The third-order valence-electron chi connectivity index (χ3n) is 3.22. The lowest BCUT2D eigenvalue weighted by Gasteiger charge is -2.11. The average Bonchev–Trinajstić information content (AvgIpc) is 2.43. The van der Waals surface area contributed by atoms with Crippen molar-refractivity contribution in [3.8, 4) is 0 Å². The first-order valence-corrected chi connectivity index (χ1v) is 7.90. The van der Waals surface area contributed by atoms with Crippen LogP contribution in [0.2, 0.25) is 0 Å². The van der Waals surface area contributed by atoms with Crippen molar-refractivity contribution in [1.29, 1.82) is 0 Å². The van der Waals surface area contributed by atoms with E-state index in [0.29, 0.717) is 0 Å². The van der Waals surface area contributed by atoms with Crippen LogP contribution in [0.25, 0.3) is 0 Å². The average molecular weight is 308 g/mol. The van der Waals surface area contributed by atoms with Crippen LogP contribution in [0.3, 0.4) is 0 Å². The second-order valence-corrected chi connectivity index (χ2v) is 6.56. The predicted octanol–water partition coefficient (Wildman–Crippen LogP) is 2.70. The van der Waals surface area contributed by atoms with Gasteiger partial charge >= 0.3 is 0 Å². The molecule has 0 bridgehead atoms. The zero-order chi connectivity index (χ0) is 15.6. The maximum absolute atomic E-state index is 13.7. The molecule has 3 N–H and O–H groups in total. The van der Waals surface area contributed by atoms with Gasteiger partial charge in [-0.15, -0.1) is 0 Å². The van der Waals surface area contributed by atoms with E-state index in [1.807, 2.05) is 6.92 Å². The highest BCUT2D eigenvalue weighted by molar-refractivity contribution is 7.92. The fraction of sp³-hybridized carbons (Fsp3) is 0.200. The van der Waals surface area contributed by atoms with E-state index >= 15 is 0 Å². The highest BCUT2D eigenvalue weighted by atomic mass is 32.2. The third kappa shape index (κ3) is 3.40. The van der Waals surface area contributed by atoms with Gasteiger partial charge in [0.15, 0.2) is 0 Å². The van der Waals surface area contributed by atoms with Crippen LogP contribution in [0.5, 0.6) is 0 Å². The van der Waals surface area contributed by atoms with E-state index in [-0.39, 0.29) is 17.1 Å². The zero-order valence-electron chi connectivity index (χ0n) is 11.9. The summed E-state index contributed by atoms with van der Waals surface area (Å²) in [6, 6.07) is 8.92. The van der Waals surface area contributed by atoms with Crippen molar-refractivity contribution in [1.82, 2.24) is 0 Å². The number of benzene rings is 2. The molecule has 112 valence electrons. The van der Waals surface area contributed by atoms with Crippen LogP contribution in [0.4, 0.5) is 10.1 Å². The minimum absolute atomic E-state index is 0.0643. The van der Waals surface area contributed by atoms with Gasteiger partial charge in [-0.25, -0.2) is 12.8 Å². The molecule has 0 aliphatic carbocycles. The van der Waals surface area contributed by atoms with Gasteiger partial charge in [0.05, 0.1) is 10.6 Å². The Morgan fingerprint density at radius 1 is 1.14 bits per heavy atom. The summed E-state index contributed by atoms with van der Waals surface area (Å²) >= 11 is 0. The Morgan fingerprint density at radius 2 is 1.86 bits per heavy atom. The number of hydrogen-bond acceptors (Lipinski definition) is 3. The summed E-state index contributed by atoms with van der Waals surface area (Å²) in [7, 11) is -3.85. The molecule has 0 heterocycles. The summed E-state index contributed by atoms with van der Waals surface area (Å²) in [6.07, 6.45) is 0. The zero-order valence-corrected chi connectivity index (χ0v) is 12.7. The molecule has 0 aliphatic heterocycles. The van der Waals surface area contributed by atoms with Gasteiger partial charge in [-0.05, 0) is 54.8 Å². The number of hydrogen-bond donors (Lipinski definition) is 2. The number of rotatable bonds is 4. The highest BCUT2D eigenvalue weighted by Crippen LogP contribution is 2.22. The molecule has 0 fully saturated rings. The van der Waals surface area contributed by atoms with Crippen LogP contribution < -0.4 is 10.5 Å². The van der Waals surface area contributed by atoms with E-state index in [2.05, 4.69) is 4.72 Å². The molecule has 0 saturated carbocycles. The number of aryl methyl sites for hydroxylation is 2. The van der Waals surface area contributed by atoms with Crippen LogP contribution in [-0.2, 0) is 16.6 Å². The van der Waals surface area contributed by atoms with E-state index in [1.54, 1.807) is 19.1 Å². The van der Waals surface area contributed by atoms with Gasteiger partial charge in [-0.1, -0.05) is 12.1 Å². The Bertz CT molecular complexity index is 773. The van der Waals surface area contributed by atoms with E-state index in [4.69, 9.17) is 5.73 Å². The van der Waals surface area contributed by atoms with Crippen LogP contribution in [0.15, 0.2) is 41.3 Å². The second-order valence-electron chi connectivity index (χ2n) is 4.88. The van der Waals surface area contributed by atoms with Crippen molar-refractivity contribution in [2.45, 2.75) is 25.3 Å². The third-order valence-corrected chi connectivity index (χ3v) is 4.58. The first-order valence-electron chi connectivity index (χ1n) is 6.42. The number of halogens is 1. The van der Waals surface area contributed by atoms with Gasteiger partial charge in [-0.2, -0.15) is 0 Å². The van der Waals surface area contributed by atoms with Crippen molar-refractivity contribution in [2.75, 3.05) is 4.72 Å². The van der Waals surface area contributed by atoms with Gasteiger partial charge in [0.2, 0.25) is 0 Å². The quantitative estimate of drug-likeness (QED) is 0.912. The van der Waals surface area contributed by atoms with Crippen LogP contribution in [-0.4, -0.2) is 8.42 Å².